The monoisotopic (exact) mass is 269 g/mol. The second-order valence-corrected chi connectivity index (χ2v) is 5.74. The number of hydrogen-bond donors (Lipinski definition) is 1. The van der Waals surface area contributed by atoms with E-state index in [0.717, 1.165) is 18.2 Å². The van der Waals surface area contributed by atoms with Crippen molar-refractivity contribution in [2.75, 3.05) is 6.54 Å². The van der Waals surface area contributed by atoms with Crippen molar-refractivity contribution >= 4 is 0 Å². The Kier molecular flexibility index (Phi) is 4.16. The molecule has 0 aliphatic heterocycles. The topological polar surface area (TPSA) is 29.9 Å². The van der Waals surface area contributed by atoms with Crippen molar-refractivity contribution in [2.45, 2.75) is 38.6 Å². The summed E-state index contributed by atoms with van der Waals surface area (Å²) in [6.45, 7) is 3.29. The molecule has 0 radical (unpaired) electrons. The molecule has 0 amide bonds. The van der Waals surface area contributed by atoms with Crippen LogP contribution >= 0.6 is 0 Å². The van der Waals surface area contributed by atoms with Gasteiger partial charge >= 0.3 is 0 Å². The molecule has 1 saturated carbocycles. The minimum absolute atomic E-state index is 0.458. The van der Waals surface area contributed by atoms with Gasteiger partial charge in [-0.05, 0) is 37.4 Å². The van der Waals surface area contributed by atoms with E-state index in [9.17, 15) is 0 Å². The Morgan fingerprint density at radius 3 is 2.80 bits per heavy atom. The van der Waals surface area contributed by atoms with E-state index < -0.39 is 0 Å². The summed E-state index contributed by atoms with van der Waals surface area (Å²) in [7, 11) is 0. The fourth-order valence-electron chi connectivity index (χ4n) is 2.58. The predicted octanol–water partition coefficient (Wildman–Crippen LogP) is 3.71. The van der Waals surface area contributed by atoms with Crippen LogP contribution in [0.2, 0.25) is 0 Å². The zero-order valence-electron chi connectivity index (χ0n) is 12.1. The minimum Gasteiger partial charge on any atom is -0.310 e. The van der Waals surface area contributed by atoms with E-state index in [1.165, 1.54) is 31.2 Å². The highest BCUT2D eigenvalue weighted by Gasteiger charge is 2.26. The zero-order chi connectivity index (χ0) is 13.8. The summed E-state index contributed by atoms with van der Waals surface area (Å²) in [6.07, 6.45) is 9.41. The summed E-state index contributed by atoms with van der Waals surface area (Å²) in [5.41, 5.74) is 2.44. The van der Waals surface area contributed by atoms with Gasteiger partial charge in [0.1, 0.15) is 0 Å². The van der Waals surface area contributed by atoms with Crippen LogP contribution in [0.25, 0.3) is 5.69 Å². The molecule has 3 rings (SSSR count). The Morgan fingerprint density at radius 1 is 1.30 bits per heavy atom. The van der Waals surface area contributed by atoms with Crippen LogP contribution in [-0.2, 0) is 0 Å². The van der Waals surface area contributed by atoms with Gasteiger partial charge in [-0.1, -0.05) is 38.0 Å². The Hall–Kier alpha value is -1.61. The highest BCUT2D eigenvalue weighted by Crippen LogP contribution is 2.37. The molecular formula is C17H23N3. The molecular weight excluding hydrogens is 246 g/mol. The predicted molar refractivity (Wildman–Crippen MR) is 81.9 cm³/mol. The SMILES string of the molecule is CCCNC(CC1CC1)c1cnn(-c2ccccc2)c1. The molecule has 1 atom stereocenters. The van der Waals surface area contributed by atoms with Crippen molar-refractivity contribution in [3.05, 3.63) is 48.3 Å². The smallest absolute Gasteiger partial charge is 0.0645 e. The van der Waals surface area contributed by atoms with E-state index in [1.54, 1.807) is 0 Å². The first-order valence-corrected chi connectivity index (χ1v) is 7.70. The molecule has 0 spiro atoms. The van der Waals surface area contributed by atoms with Gasteiger partial charge in [0.05, 0.1) is 11.9 Å². The summed E-state index contributed by atoms with van der Waals surface area (Å²) >= 11 is 0. The quantitative estimate of drug-likeness (QED) is 0.830. The Labute approximate surface area is 121 Å². The third kappa shape index (κ3) is 3.28. The Bertz CT molecular complexity index is 528. The Morgan fingerprint density at radius 2 is 2.10 bits per heavy atom. The van der Waals surface area contributed by atoms with Gasteiger partial charge in [-0.2, -0.15) is 5.10 Å². The third-order valence-corrected chi connectivity index (χ3v) is 3.93. The number of hydrogen-bond acceptors (Lipinski definition) is 2. The number of nitrogens with one attached hydrogen (secondary N) is 1. The highest BCUT2D eigenvalue weighted by atomic mass is 15.3. The average Bonchev–Trinajstić information content (AvgIpc) is 3.18. The van der Waals surface area contributed by atoms with Gasteiger partial charge in [0.2, 0.25) is 0 Å². The van der Waals surface area contributed by atoms with Crippen LogP contribution in [0.3, 0.4) is 0 Å². The lowest BCUT2D eigenvalue weighted by Crippen LogP contribution is -2.22. The van der Waals surface area contributed by atoms with Gasteiger partial charge < -0.3 is 5.32 Å². The van der Waals surface area contributed by atoms with Gasteiger partial charge in [0, 0.05) is 17.8 Å². The maximum atomic E-state index is 4.52. The van der Waals surface area contributed by atoms with Gasteiger partial charge in [0.25, 0.3) is 0 Å². The Balaban J connectivity index is 1.75. The lowest BCUT2D eigenvalue weighted by atomic mass is 10.0. The van der Waals surface area contributed by atoms with Gasteiger partial charge in [-0.15, -0.1) is 0 Å². The molecule has 106 valence electrons. The molecule has 3 heteroatoms. The summed E-state index contributed by atoms with van der Waals surface area (Å²) in [5.74, 6) is 0.921. The van der Waals surface area contributed by atoms with Crippen LogP contribution in [0, 0.1) is 5.92 Å². The summed E-state index contributed by atoms with van der Waals surface area (Å²) in [4.78, 5) is 0. The molecule has 1 aromatic heterocycles. The number of rotatable bonds is 7. The molecule has 1 N–H and O–H groups in total. The second kappa shape index (κ2) is 6.23. The molecule has 1 heterocycles. The van der Waals surface area contributed by atoms with Crippen LogP contribution in [-0.4, -0.2) is 16.3 Å². The molecule has 1 fully saturated rings. The van der Waals surface area contributed by atoms with Crippen molar-refractivity contribution in [3.63, 3.8) is 0 Å². The zero-order valence-corrected chi connectivity index (χ0v) is 12.1. The molecule has 20 heavy (non-hydrogen) atoms. The molecule has 1 aliphatic carbocycles. The lowest BCUT2D eigenvalue weighted by Gasteiger charge is -2.16. The van der Waals surface area contributed by atoms with Crippen LogP contribution < -0.4 is 5.32 Å². The fourth-order valence-corrected chi connectivity index (χ4v) is 2.58. The van der Waals surface area contributed by atoms with Crippen molar-refractivity contribution in [2.24, 2.45) is 5.92 Å². The normalized spacial score (nSPS) is 16.2. The van der Waals surface area contributed by atoms with E-state index in [1.807, 2.05) is 29.1 Å². The molecule has 0 bridgehead atoms. The van der Waals surface area contributed by atoms with Crippen molar-refractivity contribution in [3.8, 4) is 5.69 Å². The van der Waals surface area contributed by atoms with Crippen LogP contribution in [0.15, 0.2) is 42.7 Å². The molecule has 1 aromatic carbocycles. The van der Waals surface area contributed by atoms with Gasteiger partial charge in [-0.3, -0.25) is 0 Å². The van der Waals surface area contributed by atoms with Crippen LogP contribution in [0.5, 0.6) is 0 Å². The maximum Gasteiger partial charge on any atom is 0.0645 e. The van der Waals surface area contributed by atoms with E-state index in [2.05, 4.69) is 35.7 Å². The van der Waals surface area contributed by atoms with Crippen molar-refractivity contribution in [1.82, 2.24) is 15.1 Å². The molecule has 3 nitrogen and oxygen atoms in total. The first-order chi connectivity index (χ1) is 9.86. The summed E-state index contributed by atoms with van der Waals surface area (Å²) in [6, 6.07) is 10.8. The number of para-hydroxylation sites is 1. The standard InChI is InChI=1S/C17H23N3/c1-2-10-18-17(11-14-8-9-14)15-12-19-20(13-15)16-6-4-3-5-7-16/h3-7,12-14,17-18H,2,8-11H2,1H3. The average molecular weight is 269 g/mol. The first kappa shape index (κ1) is 13.4. The third-order valence-electron chi connectivity index (χ3n) is 3.93. The van der Waals surface area contributed by atoms with Crippen molar-refractivity contribution in [1.29, 1.82) is 0 Å². The number of aromatic nitrogens is 2. The van der Waals surface area contributed by atoms with E-state index in [0.29, 0.717) is 6.04 Å². The number of nitrogens with zero attached hydrogens (tertiary/aromatic N) is 2. The summed E-state index contributed by atoms with van der Waals surface area (Å²) < 4.78 is 1.98. The van der Waals surface area contributed by atoms with Crippen LogP contribution in [0.1, 0.15) is 44.2 Å². The summed E-state index contributed by atoms with van der Waals surface area (Å²) in [5, 5.41) is 8.19. The van der Waals surface area contributed by atoms with Crippen LogP contribution in [0.4, 0.5) is 0 Å². The highest BCUT2D eigenvalue weighted by molar-refractivity contribution is 5.31. The van der Waals surface area contributed by atoms with Crippen molar-refractivity contribution < 1.29 is 0 Å². The molecule has 2 aromatic rings. The molecule has 0 saturated heterocycles. The first-order valence-electron chi connectivity index (χ1n) is 7.70. The maximum absolute atomic E-state index is 4.52. The van der Waals surface area contributed by atoms with E-state index in [4.69, 9.17) is 0 Å². The number of benzene rings is 1. The molecule has 1 unspecified atom stereocenters. The largest absolute Gasteiger partial charge is 0.310 e. The fraction of sp³-hybridized carbons (Fsp3) is 0.471. The lowest BCUT2D eigenvalue weighted by molar-refractivity contribution is 0.474. The van der Waals surface area contributed by atoms with E-state index >= 15 is 0 Å². The second-order valence-electron chi connectivity index (χ2n) is 5.74. The van der Waals surface area contributed by atoms with Gasteiger partial charge in [-0.25, -0.2) is 4.68 Å². The van der Waals surface area contributed by atoms with E-state index in [-0.39, 0.29) is 0 Å². The molecule has 1 aliphatic rings. The van der Waals surface area contributed by atoms with Gasteiger partial charge in [0.15, 0.2) is 0 Å². The minimum atomic E-state index is 0.458.